The topological polar surface area (TPSA) is 30.2 Å². The molecule has 8 aromatic rings. The summed E-state index contributed by atoms with van der Waals surface area (Å²) in [6.07, 6.45) is 0. The molecule has 43 heavy (non-hydrogen) atoms. The van der Waals surface area contributed by atoms with Gasteiger partial charge >= 0.3 is 0 Å². The SMILES string of the molecule is Cc1ccc2c(c1)C(c1ccccc1)(c1ccccc1)c1cc(-c3nnc4c5ccccc5c5ccccc5n34)ccc1-2. The van der Waals surface area contributed by atoms with Crippen molar-refractivity contribution in [1.82, 2.24) is 14.6 Å². The van der Waals surface area contributed by atoms with Gasteiger partial charge in [0.25, 0.3) is 0 Å². The molecule has 0 atom stereocenters. The Morgan fingerprint density at radius 3 is 1.81 bits per heavy atom. The van der Waals surface area contributed by atoms with Crippen LogP contribution in [0.25, 0.3) is 49.8 Å². The van der Waals surface area contributed by atoms with Gasteiger partial charge in [0.05, 0.1) is 10.9 Å². The summed E-state index contributed by atoms with van der Waals surface area (Å²) in [7, 11) is 0. The molecule has 6 aromatic carbocycles. The fraction of sp³-hybridized carbons (Fsp3) is 0.0500. The maximum atomic E-state index is 4.86. The predicted octanol–water partition coefficient (Wildman–Crippen LogP) is 9.37. The molecule has 202 valence electrons. The largest absolute Gasteiger partial charge is 0.274 e. The summed E-state index contributed by atoms with van der Waals surface area (Å²) in [5.74, 6) is 0.849. The summed E-state index contributed by atoms with van der Waals surface area (Å²) in [5.41, 5.74) is 11.5. The van der Waals surface area contributed by atoms with Crippen LogP contribution in [-0.2, 0) is 5.41 Å². The van der Waals surface area contributed by atoms with Gasteiger partial charge in [0.2, 0.25) is 0 Å². The summed E-state index contributed by atoms with van der Waals surface area (Å²) in [6, 6.07) is 52.7. The molecule has 0 bridgehead atoms. The van der Waals surface area contributed by atoms with E-state index in [1.165, 1.54) is 49.7 Å². The average molecular weight is 550 g/mol. The predicted molar refractivity (Wildman–Crippen MR) is 175 cm³/mol. The van der Waals surface area contributed by atoms with Crippen LogP contribution in [0.3, 0.4) is 0 Å². The Morgan fingerprint density at radius 1 is 0.512 bits per heavy atom. The zero-order valence-corrected chi connectivity index (χ0v) is 23.7. The van der Waals surface area contributed by atoms with Crippen LogP contribution < -0.4 is 0 Å². The van der Waals surface area contributed by atoms with Gasteiger partial charge in [-0.3, -0.25) is 4.40 Å². The second-order valence-electron chi connectivity index (χ2n) is 11.5. The summed E-state index contributed by atoms with van der Waals surface area (Å²) in [4.78, 5) is 0. The molecule has 0 radical (unpaired) electrons. The fourth-order valence-corrected chi connectivity index (χ4v) is 7.42. The smallest absolute Gasteiger partial charge is 0.169 e. The quantitative estimate of drug-likeness (QED) is 0.206. The van der Waals surface area contributed by atoms with Crippen LogP contribution in [-0.4, -0.2) is 14.6 Å². The van der Waals surface area contributed by atoms with Gasteiger partial charge in [0.1, 0.15) is 0 Å². The number of hydrogen-bond donors (Lipinski definition) is 0. The second kappa shape index (κ2) is 8.98. The Labute approximate surface area is 249 Å². The first-order valence-corrected chi connectivity index (χ1v) is 14.8. The van der Waals surface area contributed by atoms with Crippen molar-refractivity contribution in [2.45, 2.75) is 12.3 Å². The van der Waals surface area contributed by atoms with Gasteiger partial charge in [-0.15, -0.1) is 10.2 Å². The molecule has 0 fully saturated rings. The number of nitrogens with zero attached hydrogens (tertiary/aromatic N) is 3. The van der Waals surface area contributed by atoms with Crippen LogP contribution in [0.15, 0.2) is 146 Å². The van der Waals surface area contributed by atoms with E-state index in [0.29, 0.717) is 0 Å². The summed E-state index contributed by atoms with van der Waals surface area (Å²) in [6.45, 7) is 2.19. The minimum atomic E-state index is -0.468. The van der Waals surface area contributed by atoms with Gasteiger partial charge in [0.15, 0.2) is 11.5 Å². The number of hydrogen-bond acceptors (Lipinski definition) is 2. The number of aromatic nitrogens is 3. The third kappa shape index (κ3) is 3.25. The normalized spacial score (nSPS) is 13.4. The highest BCUT2D eigenvalue weighted by Gasteiger charge is 2.46. The van der Waals surface area contributed by atoms with E-state index in [1.54, 1.807) is 0 Å². The first-order valence-electron chi connectivity index (χ1n) is 14.8. The lowest BCUT2D eigenvalue weighted by Gasteiger charge is -2.34. The summed E-state index contributed by atoms with van der Waals surface area (Å²) >= 11 is 0. The number of rotatable bonds is 3. The first kappa shape index (κ1) is 24.1. The first-order chi connectivity index (χ1) is 21.2. The van der Waals surface area contributed by atoms with E-state index < -0.39 is 5.41 Å². The highest BCUT2D eigenvalue weighted by molar-refractivity contribution is 6.12. The Morgan fingerprint density at radius 2 is 1.09 bits per heavy atom. The Kier molecular flexibility index (Phi) is 5.03. The van der Waals surface area contributed by atoms with Crippen molar-refractivity contribution in [3.8, 4) is 22.5 Å². The van der Waals surface area contributed by atoms with E-state index in [0.717, 1.165) is 27.9 Å². The molecular weight excluding hydrogens is 522 g/mol. The van der Waals surface area contributed by atoms with Crippen molar-refractivity contribution in [1.29, 1.82) is 0 Å². The van der Waals surface area contributed by atoms with Crippen LogP contribution in [0.2, 0.25) is 0 Å². The molecule has 0 amide bonds. The molecule has 0 aliphatic heterocycles. The highest BCUT2D eigenvalue weighted by Crippen LogP contribution is 2.56. The molecule has 0 saturated carbocycles. The summed E-state index contributed by atoms with van der Waals surface area (Å²) < 4.78 is 2.23. The number of pyridine rings is 1. The Hall–Kier alpha value is -5.54. The second-order valence-corrected chi connectivity index (χ2v) is 11.5. The molecule has 0 N–H and O–H groups in total. The average Bonchev–Trinajstić information content (AvgIpc) is 3.64. The lowest BCUT2D eigenvalue weighted by Crippen LogP contribution is -2.28. The molecule has 2 heterocycles. The van der Waals surface area contributed by atoms with E-state index in [4.69, 9.17) is 10.2 Å². The Balaban J connectivity index is 1.40. The molecule has 1 aliphatic carbocycles. The van der Waals surface area contributed by atoms with Crippen LogP contribution >= 0.6 is 0 Å². The fourth-order valence-electron chi connectivity index (χ4n) is 7.42. The molecule has 2 aromatic heterocycles. The maximum Gasteiger partial charge on any atom is 0.169 e. The molecule has 0 unspecified atom stereocenters. The third-order valence-corrected chi connectivity index (χ3v) is 9.23. The Bertz CT molecular complexity index is 2310. The monoisotopic (exact) mass is 549 g/mol. The molecule has 0 spiro atoms. The van der Waals surface area contributed by atoms with Gasteiger partial charge in [-0.05, 0) is 57.8 Å². The zero-order chi connectivity index (χ0) is 28.5. The van der Waals surface area contributed by atoms with Crippen molar-refractivity contribution >= 4 is 27.3 Å². The van der Waals surface area contributed by atoms with Gasteiger partial charge < -0.3 is 0 Å². The van der Waals surface area contributed by atoms with Crippen molar-refractivity contribution in [3.05, 3.63) is 173 Å². The zero-order valence-electron chi connectivity index (χ0n) is 23.7. The van der Waals surface area contributed by atoms with Gasteiger partial charge in [0, 0.05) is 16.3 Å². The third-order valence-electron chi connectivity index (χ3n) is 9.23. The molecule has 1 aliphatic rings. The highest BCUT2D eigenvalue weighted by atomic mass is 15.2. The van der Waals surface area contributed by atoms with Crippen LogP contribution in [0.5, 0.6) is 0 Å². The standard InChI is InChI=1S/C40H27N3/c1-26-20-22-31-32-23-21-27(38-41-42-39-34-18-9-8-16-30(34)33-17-10-11-19-37(33)43(38)39)25-36(32)40(35(31)24-26,28-12-4-2-5-13-28)29-14-6-3-7-15-29/h2-25H,1H3. The van der Waals surface area contributed by atoms with E-state index in [9.17, 15) is 0 Å². The van der Waals surface area contributed by atoms with Gasteiger partial charge in [-0.1, -0.05) is 139 Å². The molecule has 3 nitrogen and oxygen atoms in total. The molecular formula is C40H27N3. The molecule has 3 heteroatoms. The molecule has 0 saturated heterocycles. The van der Waals surface area contributed by atoms with Gasteiger partial charge in [-0.25, -0.2) is 0 Å². The van der Waals surface area contributed by atoms with Crippen molar-refractivity contribution < 1.29 is 0 Å². The minimum absolute atomic E-state index is 0.468. The van der Waals surface area contributed by atoms with E-state index >= 15 is 0 Å². The lowest BCUT2D eigenvalue weighted by atomic mass is 9.67. The maximum absolute atomic E-state index is 4.86. The van der Waals surface area contributed by atoms with Crippen molar-refractivity contribution in [3.63, 3.8) is 0 Å². The van der Waals surface area contributed by atoms with E-state index in [1.807, 2.05) is 0 Å². The minimum Gasteiger partial charge on any atom is -0.274 e. The van der Waals surface area contributed by atoms with Gasteiger partial charge in [-0.2, -0.15) is 0 Å². The van der Waals surface area contributed by atoms with Crippen LogP contribution in [0, 0.1) is 6.92 Å². The number of aryl methyl sites for hydroxylation is 1. The number of fused-ring (bicyclic) bond motifs is 9. The van der Waals surface area contributed by atoms with Crippen LogP contribution in [0.1, 0.15) is 27.8 Å². The number of para-hydroxylation sites is 1. The number of benzene rings is 6. The van der Waals surface area contributed by atoms with Crippen molar-refractivity contribution in [2.75, 3.05) is 0 Å². The lowest BCUT2D eigenvalue weighted by molar-refractivity contribution is 0.767. The van der Waals surface area contributed by atoms with E-state index in [-0.39, 0.29) is 0 Å². The van der Waals surface area contributed by atoms with Crippen molar-refractivity contribution in [2.24, 2.45) is 0 Å². The molecule has 9 rings (SSSR count). The summed E-state index contributed by atoms with van der Waals surface area (Å²) in [5, 5.41) is 13.1. The van der Waals surface area contributed by atoms with E-state index in [2.05, 4.69) is 157 Å². The van der Waals surface area contributed by atoms with Crippen LogP contribution in [0.4, 0.5) is 0 Å².